The van der Waals surface area contributed by atoms with Crippen LogP contribution >= 0.6 is 15.9 Å². The van der Waals surface area contributed by atoms with Crippen LogP contribution in [0.25, 0.3) is 0 Å². The molecular weight excluding hydrogens is 318 g/mol. The highest BCUT2D eigenvalue weighted by molar-refractivity contribution is 9.10. The van der Waals surface area contributed by atoms with Gasteiger partial charge < -0.3 is 10.1 Å². The molecule has 0 fully saturated rings. The molecule has 114 valence electrons. The molecule has 0 unspecified atom stereocenters. The summed E-state index contributed by atoms with van der Waals surface area (Å²) >= 11 is 3.63. The van der Waals surface area contributed by atoms with Crippen molar-refractivity contribution in [1.82, 2.24) is 9.97 Å². The second-order valence-electron chi connectivity index (χ2n) is 5.90. The molecule has 0 atom stereocenters. The first-order valence-corrected chi connectivity index (χ1v) is 7.97. The van der Waals surface area contributed by atoms with Gasteiger partial charge in [0, 0.05) is 13.7 Å². The lowest BCUT2D eigenvalue weighted by Gasteiger charge is -2.23. The summed E-state index contributed by atoms with van der Waals surface area (Å²) in [6.45, 7) is 11.4. The quantitative estimate of drug-likeness (QED) is 0.808. The molecule has 0 aliphatic carbocycles. The Bertz CT molecular complexity index is 447. The largest absolute Gasteiger partial charge is 0.371 e. The van der Waals surface area contributed by atoms with Crippen LogP contribution in [-0.4, -0.2) is 23.6 Å². The van der Waals surface area contributed by atoms with E-state index < -0.39 is 5.60 Å². The monoisotopic (exact) mass is 343 g/mol. The first-order chi connectivity index (χ1) is 9.31. The van der Waals surface area contributed by atoms with E-state index in [9.17, 15) is 0 Å². The Morgan fingerprint density at radius 3 is 2.45 bits per heavy atom. The molecular formula is C15H26BrN3O. The number of anilines is 1. The van der Waals surface area contributed by atoms with Gasteiger partial charge in [0.15, 0.2) is 5.82 Å². The molecule has 0 aromatic carbocycles. The van der Waals surface area contributed by atoms with Crippen molar-refractivity contribution in [3.63, 3.8) is 0 Å². The lowest BCUT2D eigenvalue weighted by atomic mass is 10.1. The van der Waals surface area contributed by atoms with Crippen molar-refractivity contribution in [3.05, 3.63) is 16.0 Å². The molecule has 0 saturated heterocycles. The number of halogens is 1. The van der Waals surface area contributed by atoms with Gasteiger partial charge in [-0.05, 0) is 48.5 Å². The minimum atomic E-state index is -0.491. The normalized spacial score (nSPS) is 12.0. The molecule has 20 heavy (non-hydrogen) atoms. The van der Waals surface area contributed by atoms with E-state index in [1.165, 1.54) is 0 Å². The third-order valence-electron chi connectivity index (χ3n) is 3.11. The van der Waals surface area contributed by atoms with Crippen molar-refractivity contribution in [3.8, 4) is 0 Å². The molecule has 0 spiro atoms. The van der Waals surface area contributed by atoms with Gasteiger partial charge in [0.05, 0.1) is 10.2 Å². The van der Waals surface area contributed by atoms with Gasteiger partial charge in [-0.25, -0.2) is 9.97 Å². The van der Waals surface area contributed by atoms with Gasteiger partial charge in [-0.15, -0.1) is 0 Å². The predicted octanol–water partition coefficient (Wildman–Crippen LogP) is 4.14. The smallest absolute Gasteiger partial charge is 0.162 e. The summed E-state index contributed by atoms with van der Waals surface area (Å²) in [5, 5.41) is 3.36. The van der Waals surface area contributed by atoms with Crippen LogP contribution in [0.15, 0.2) is 4.47 Å². The van der Waals surface area contributed by atoms with Crippen LogP contribution in [0.4, 0.5) is 5.82 Å². The van der Waals surface area contributed by atoms with Gasteiger partial charge in [0.1, 0.15) is 11.4 Å². The Morgan fingerprint density at radius 1 is 1.30 bits per heavy atom. The molecule has 5 heteroatoms. The van der Waals surface area contributed by atoms with Crippen LogP contribution < -0.4 is 5.32 Å². The predicted molar refractivity (Wildman–Crippen MR) is 87.1 cm³/mol. The standard InChI is InChI=1S/C15H26BrN3O/c1-7-8-17-13-12(16)11(9-10(2)3)18-14(19-13)15(4,5)20-6/h10H,7-9H2,1-6H3,(H,17,18,19). The van der Waals surface area contributed by atoms with Crippen LogP contribution in [-0.2, 0) is 16.8 Å². The number of nitrogens with one attached hydrogen (secondary N) is 1. The van der Waals surface area contributed by atoms with Gasteiger partial charge in [-0.3, -0.25) is 0 Å². The fraction of sp³-hybridized carbons (Fsp3) is 0.733. The van der Waals surface area contributed by atoms with E-state index in [0.717, 1.165) is 41.2 Å². The summed E-state index contributed by atoms with van der Waals surface area (Å²) in [6, 6.07) is 0. The Morgan fingerprint density at radius 2 is 1.95 bits per heavy atom. The van der Waals surface area contributed by atoms with E-state index in [4.69, 9.17) is 9.72 Å². The summed E-state index contributed by atoms with van der Waals surface area (Å²) in [5.41, 5.74) is 0.545. The first-order valence-electron chi connectivity index (χ1n) is 7.17. The summed E-state index contributed by atoms with van der Waals surface area (Å²) in [7, 11) is 1.69. The minimum absolute atomic E-state index is 0.491. The molecule has 4 nitrogen and oxygen atoms in total. The number of ether oxygens (including phenoxy) is 1. The van der Waals surface area contributed by atoms with Crippen molar-refractivity contribution in [2.45, 2.75) is 53.1 Å². The Labute approximate surface area is 130 Å². The zero-order valence-electron chi connectivity index (χ0n) is 13.4. The number of hydrogen-bond acceptors (Lipinski definition) is 4. The molecule has 0 radical (unpaired) electrons. The van der Waals surface area contributed by atoms with Crippen molar-refractivity contribution in [2.24, 2.45) is 5.92 Å². The molecule has 0 saturated carbocycles. The Kier molecular flexibility index (Phi) is 6.40. The van der Waals surface area contributed by atoms with E-state index in [1.54, 1.807) is 7.11 Å². The lowest BCUT2D eigenvalue weighted by Crippen LogP contribution is -2.25. The summed E-state index contributed by atoms with van der Waals surface area (Å²) in [5.74, 6) is 2.12. The van der Waals surface area contributed by atoms with Crippen molar-refractivity contribution < 1.29 is 4.74 Å². The van der Waals surface area contributed by atoms with Crippen LogP contribution in [0, 0.1) is 5.92 Å². The fourth-order valence-electron chi connectivity index (χ4n) is 1.74. The molecule has 0 bridgehead atoms. The van der Waals surface area contributed by atoms with Crippen LogP contribution in [0.5, 0.6) is 0 Å². The van der Waals surface area contributed by atoms with E-state index >= 15 is 0 Å². The molecule has 0 amide bonds. The second kappa shape index (κ2) is 7.36. The van der Waals surface area contributed by atoms with Gasteiger partial charge >= 0.3 is 0 Å². The fourth-order valence-corrected chi connectivity index (χ4v) is 2.22. The van der Waals surface area contributed by atoms with Crippen molar-refractivity contribution in [1.29, 1.82) is 0 Å². The number of methoxy groups -OCH3 is 1. The van der Waals surface area contributed by atoms with Crippen LogP contribution in [0.2, 0.25) is 0 Å². The lowest BCUT2D eigenvalue weighted by molar-refractivity contribution is 0.0113. The van der Waals surface area contributed by atoms with Crippen molar-refractivity contribution >= 4 is 21.7 Å². The third kappa shape index (κ3) is 4.42. The molecule has 0 aliphatic heterocycles. The Hall–Kier alpha value is -0.680. The molecule has 1 N–H and O–H groups in total. The van der Waals surface area contributed by atoms with Gasteiger partial charge in [-0.1, -0.05) is 20.8 Å². The first kappa shape index (κ1) is 17.4. The number of nitrogens with zero attached hydrogens (tertiary/aromatic N) is 2. The number of rotatable bonds is 7. The maximum Gasteiger partial charge on any atom is 0.162 e. The average Bonchev–Trinajstić information content (AvgIpc) is 2.39. The number of aromatic nitrogens is 2. The highest BCUT2D eigenvalue weighted by Crippen LogP contribution is 2.30. The summed E-state index contributed by atoms with van der Waals surface area (Å²) < 4.78 is 6.48. The highest BCUT2D eigenvalue weighted by Gasteiger charge is 2.26. The maximum atomic E-state index is 5.51. The van der Waals surface area contributed by atoms with E-state index in [2.05, 4.69) is 47.0 Å². The molecule has 1 heterocycles. The Balaban J connectivity index is 3.25. The molecule has 0 aliphatic rings. The zero-order valence-corrected chi connectivity index (χ0v) is 15.0. The molecule has 1 rings (SSSR count). The van der Waals surface area contributed by atoms with Gasteiger partial charge in [0.2, 0.25) is 0 Å². The van der Waals surface area contributed by atoms with Crippen molar-refractivity contribution in [2.75, 3.05) is 19.0 Å². The molecule has 1 aromatic rings. The minimum Gasteiger partial charge on any atom is -0.371 e. The van der Waals surface area contributed by atoms with E-state index in [1.807, 2.05) is 13.8 Å². The van der Waals surface area contributed by atoms with Gasteiger partial charge in [-0.2, -0.15) is 0 Å². The SMILES string of the molecule is CCCNc1nc(C(C)(C)OC)nc(CC(C)C)c1Br. The van der Waals surface area contributed by atoms with Gasteiger partial charge in [0.25, 0.3) is 0 Å². The summed E-state index contributed by atoms with van der Waals surface area (Å²) in [4.78, 5) is 9.33. The van der Waals surface area contributed by atoms with E-state index in [-0.39, 0.29) is 0 Å². The van der Waals surface area contributed by atoms with E-state index in [0.29, 0.717) is 5.92 Å². The maximum absolute atomic E-state index is 5.51. The topological polar surface area (TPSA) is 47.0 Å². The van der Waals surface area contributed by atoms with Crippen LogP contribution in [0.3, 0.4) is 0 Å². The highest BCUT2D eigenvalue weighted by atomic mass is 79.9. The number of hydrogen-bond donors (Lipinski definition) is 1. The third-order valence-corrected chi connectivity index (χ3v) is 3.95. The zero-order chi connectivity index (χ0) is 15.3. The molecule has 1 aromatic heterocycles. The average molecular weight is 344 g/mol. The summed E-state index contributed by atoms with van der Waals surface area (Å²) in [6.07, 6.45) is 1.97. The second-order valence-corrected chi connectivity index (χ2v) is 6.69. The van der Waals surface area contributed by atoms with Crippen LogP contribution in [0.1, 0.15) is 52.6 Å².